The first-order valence-electron chi connectivity index (χ1n) is 5.18. The number of aryl methyl sites for hydroxylation is 1. The lowest BCUT2D eigenvalue weighted by molar-refractivity contribution is 0.0994. The van der Waals surface area contributed by atoms with Gasteiger partial charge in [0.15, 0.2) is 17.3 Å². The molecule has 0 aliphatic carbocycles. The van der Waals surface area contributed by atoms with Crippen molar-refractivity contribution in [3.8, 4) is 11.5 Å². The van der Waals surface area contributed by atoms with Gasteiger partial charge in [0, 0.05) is 5.56 Å². The number of fused-ring (bicyclic) bond motifs is 1. The topological polar surface area (TPSA) is 35.5 Å². The summed E-state index contributed by atoms with van der Waals surface area (Å²) in [6, 6.07) is 3.63. The number of alkyl halides is 1. The number of carbonyl (C=O) groups is 1. The predicted octanol–water partition coefficient (Wildman–Crippen LogP) is 2.73. The molecule has 0 amide bonds. The van der Waals surface area contributed by atoms with Crippen LogP contribution in [-0.2, 0) is 0 Å². The van der Waals surface area contributed by atoms with Gasteiger partial charge in [0.05, 0.1) is 4.83 Å². The van der Waals surface area contributed by atoms with Crippen LogP contribution in [0.2, 0.25) is 0 Å². The first kappa shape index (κ1) is 11.5. The van der Waals surface area contributed by atoms with Crippen LogP contribution < -0.4 is 9.47 Å². The van der Waals surface area contributed by atoms with Crippen LogP contribution in [0.1, 0.15) is 22.8 Å². The maximum absolute atomic E-state index is 11.9. The minimum atomic E-state index is -0.186. The van der Waals surface area contributed by atoms with E-state index in [4.69, 9.17) is 9.47 Å². The van der Waals surface area contributed by atoms with Gasteiger partial charge in [0.2, 0.25) is 0 Å². The molecule has 0 bridgehead atoms. The smallest absolute Gasteiger partial charge is 0.176 e. The molecule has 0 spiro atoms. The predicted molar refractivity (Wildman–Crippen MR) is 64.9 cm³/mol. The van der Waals surface area contributed by atoms with Gasteiger partial charge in [0.25, 0.3) is 0 Å². The minimum Gasteiger partial charge on any atom is -0.486 e. The van der Waals surface area contributed by atoms with Crippen LogP contribution in [0.4, 0.5) is 0 Å². The van der Waals surface area contributed by atoms with E-state index in [1.807, 2.05) is 19.9 Å². The largest absolute Gasteiger partial charge is 0.486 e. The van der Waals surface area contributed by atoms with E-state index in [1.54, 1.807) is 6.07 Å². The molecule has 2 rings (SSSR count). The summed E-state index contributed by atoms with van der Waals surface area (Å²) in [5.41, 5.74) is 1.61. The van der Waals surface area contributed by atoms with Crippen molar-refractivity contribution in [3.05, 3.63) is 23.3 Å². The Morgan fingerprint density at radius 1 is 1.31 bits per heavy atom. The molecular weight excluding hydrogens is 272 g/mol. The summed E-state index contributed by atoms with van der Waals surface area (Å²) in [5, 5.41) is 0. The Labute approximate surface area is 103 Å². The number of rotatable bonds is 2. The molecule has 1 heterocycles. The Hall–Kier alpha value is -1.03. The SMILES string of the molecule is Cc1cc2c(cc1C(=O)C(C)Br)OCCO2. The van der Waals surface area contributed by atoms with Crippen molar-refractivity contribution in [1.29, 1.82) is 0 Å². The van der Waals surface area contributed by atoms with Crippen molar-refractivity contribution in [3.63, 3.8) is 0 Å². The van der Waals surface area contributed by atoms with Gasteiger partial charge in [-0.3, -0.25) is 4.79 Å². The third-order valence-electron chi connectivity index (χ3n) is 2.52. The number of hydrogen-bond acceptors (Lipinski definition) is 3. The molecule has 1 unspecified atom stereocenters. The summed E-state index contributed by atoms with van der Waals surface area (Å²) in [5.74, 6) is 1.45. The molecule has 1 atom stereocenters. The molecule has 0 radical (unpaired) electrons. The molecule has 1 aliphatic heterocycles. The van der Waals surface area contributed by atoms with Crippen molar-refractivity contribution in [1.82, 2.24) is 0 Å². The zero-order chi connectivity index (χ0) is 11.7. The van der Waals surface area contributed by atoms with E-state index in [9.17, 15) is 4.79 Å². The molecule has 1 aliphatic rings. The molecule has 1 aromatic carbocycles. The van der Waals surface area contributed by atoms with Crippen LogP contribution in [0.25, 0.3) is 0 Å². The summed E-state index contributed by atoms with van der Waals surface area (Å²) in [4.78, 5) is 11.7. The van der Waals surface area contributed by atoms with E-state index < -0.39 is 0 Å². The lowest BCUT2D eigenvalue weighted by Gasteiger charge is -2.20. The van der Waals surface area contributed by atoms with Gasteiger partial charge < -0.3 is 9.47 Å². The molecule has 0 saturated heterocycles. The molecule has 4 heteroatoms. The second-order valence-electron chi connectivity index (χ2n) is 3.79. The van der Waals surface area contributed by atoms with Crippen LogP contribution >= 0.6 is 15.9 Å². The highest BCUT2D eigenvalue weighted by Crippen LogP contribution is 2.33. The van der Waals surface area contributed by atoms with Gasteiger partial charge in [0.1, 0.15) is 13.2 Å². The first-order chi connectivity index (χ1) is 7.59. The van der Waals surface area contributed by atoms with Gasteiger partial charge in [-0.2, -0.15) is 0 Å². The van der Waals surface area contributed by atoms with Crippen molar-refractivity contribution < 1.29 is 14.3 Å². The van der Waals surface area contributed by atoms with Crippen LogP contribution in [-0.4, -0.2) is 23.8 Å². The number of benzene rings is 1. The van der Waals surface area contributed by atoms with Crippen LogP contribution in [0.5, 0.6) is 11.5 Å². The quantitative estimate of drug-likeness (QED) is 0.619. The summed E-state index contributed by atoms with van der Waals surface area (Å²) in [6.45, 7) is 4.82. The van der Waals surface area contributed by atoms with Gasteiger partial charge in [-0.25, -0.2) is 0 Å². The fourth-order valence-corrected chi connectivity index (χ4v) is 1.92. The Balaban J connectivity index is 2.43. The number of hydrogen-bond donors (Lipinski definition) is 0. The number of ketones is 1. The maximum atomic E-state index is 11.9. The molecule has 16 heavy (non-hydrogen) atoms. The van der Waals surface area contributed by atoms with E-state index >= 15 is 0 Å². The molecule has 0 aromatic heterocycles. The van der Waals surface area contributed by atoms with Crippen LogP contribution in [0.15, 0.2) is 12.1 Å². The van der Waals surface area contributed by atoms with Crippen molar-refractivity contribution in [2.24, 2.45) is 0 Å². The maximum Gasteiger partial charge on any atom is 0.176 e. The Morgan fingerprint density at radius 2 is 1.88 bits per heavy atom. The summed E-state index contributed by atoms with van der Waals surface area (Å²) in [7, 11) is 0. The van der Waals surface area contributed by atoms with Gasteiger partial charge in [-0.05, 0) is 31.5 Å². The minimum absolute atomic E-state index is 0.0643. The molecule has 0 fully saturated rings. The molecular formula is C12H13BrO3. The summed E-state index contributed by atoms with van der Waals surface area (Å²) >= 11 is 3.29. The zero-order valence-electron chi connectivity index (χ0n) is 9.25. The fraction of sp³-hybridized carbons (Fsp3) is 0.417. The number of halogens is 1. The monoisotopic (exact) mass is 284 g/mol. The molecule has 0 saturated carbocycles. The fourth-order valence-electron chi connectivity index (χ4n) is 1.67. The molecule has 86 valence electrons. The Morgan fingerprint density at radius 3 is 2.44 bits per heavy atom. The number of ether oxygens (including phenoxy) is 2. The Kier molecular flexibility index (Phi) is 3.19. The average molecular weight is 285 g/mol. The molecule has 1 aromatic rings. The lowest BCUT2D eigenvalue weighted by Crippen LogP contribution is -2.17. The van der Waals surface area contributed by atoms with E-state index in [0.717, 1.165) is 11.3 Å². The van der Waals surface area contributed by atoms with E-state index in [-0.39, 0.29) is 10.6 Å². The zero-order valence-corrected chi connectivity index (χ0v) is 10.8. The van der Waals surface area contributed by atoms with Crippen LogP contribution in [0.3, 0.4) is 0 Å². The first-order valence-corrected chi connectivity index (χ1v) is 6.09. The third kappa shape index (κ3) is 2.07. The van der Waals surface area contributed by atoms with Crippen molar-refractivity contribution >= 4 is 21.7 Å². The third-order valence-corrected chi connectivity index (χ3v) is 2.93. The normalized spacial score (nSPS) is 15.7. The standard InChI is InChI=1S/C12H13BrO3/c1-7-5-10-11(16-4-3-15-10)6-9(7)12(14)8(2)13/h5-6,8H,3-4H2,1-2H3. The average Bonchev–Trinajstić information content (AvgIpc) is 2.27. The Bertz CT molecular complexity index is 427. The second-order valence-corrected chi connectivity index (χ2v) is 5.16. The number of Topliss-reactive ketones (excluding diaryl/α,β-unsaturated/α-hetero) is 1. The summed E-state index contributed by atoms with van der Waals surface area (Å²) in [6.07, 6.45) is 0. The number of carbonyl (C=O) groups excluding carboxylic acids is 1. The highest BCUT2D eigenvalue weighted by molar-refractivity contribution is 9.10. The van der Waals surface area contributed by atoms with Gasteiger partial charge >= 0.3 is 0 Å². The van der Waals surface area contributed by atoms with Crippen molar-refractivity contribution in [2.45, 2.75) is 18.7 Å². The van der Waals surface area contributed by atoms with E-state index in [1.165, 1.54) is 0 Å². The molecule has 0 N–H and O–H groups in total. The highest BCUT2D eigenvalue weighted by Gasteiger charge is 2.19. The van der Waals surface area contributed by atoms with Crippen LogP contribution in [0, 0.1) is 6.92 Å². The molecule has 3 nitrogen and oxygen atoms in total. The lowest BCUT2D eigenvalue weighted by atomic mass is 10.0. The summed E-state index contributed by atoms with van der Waals surface area (Å²) < 4.78 is 10.9. The van der Waals surface area contributed by atoms with Gasteiger partial charge in [-0.15, -0.1) is 0 Å². The van der Waals surface area contributed by atoms with Gasteiger partial charge in [-0.1, -0.05) is 15.9 Å². The van der Waals surface area contributed by atoms with E-state index in [0.29, 0.717) is 24.5 Å². The van der Waals surface area contributed by atoms with Crippen molar-refractivity contribution in [2.75, 3.05) is 13.2 Å². The highest BCUT2D eigenvalue weighted by atomic mass is 79.9. The van der Waals surface area contributed by atoms with E-state index in [2.05, 4.69) is 15.9 Å². The second kappa shape index (κ2) is 4.45.